The molecule has 1 aromatic heterocycles. The van der Waals surface area contributed by atoms with Crippen LogP contribution in [0.15, 0.2) is 29.1 Å². The van der Waals surface area contributed by atoms with Crippen molar-refractivity contribution in [2.75, 3.05) is 190 Å². The Kier molecular flexibility index (Phi) is 45.0. The number of nitrogens with zero attached hydrogens (tertiary/aromatic N) is 2. The van der Waals surface area contributed by atoms with Crippen LogP contribution >= 0.6 is 11.8 Å². The third-order valence-corrected chi connectivity index (χ3v) is 21.7. The highest BCUT2D eigenvalue weighted by Gasteiger charge is 2.45. The summed E-state index contributed by atoms with van der Waals surface area (Å²) in [5, 5.41) is 69.6. The van der Waals surface area contributed by atoms with Gasteiger partial charge in [0, 0.05) is 85.6 Å². The number of thioether (sulfide) groups is 1. The summed E-state index contributed by atoms with van der Waals surface area (Å²) in [4.78, 5) is 154. The lowest BCUT2D eigenvalue weighted by Gasteiger charge is -2.32. The van der Waals surface area contributed by atoms with Crippen LogP contribution in [0.3, 0.4) is 0 Å². The number of hydrogen-bond donors (Lipinski definition) is 15. The quantitative estimate of drug-likeness (QED) is 0.0283. The molecule has 0 radical (unpaired) electrons. The van der Waals surface area contributed by atoms with Gasteiger partial charge in [-0.25, -0.2) is 0 Å². The number of aromatic nitrogens is 1. The number of nitrogens with two attached hydrogens (primary N) is 1. The lowest BCUT2D eigenvalue weighted by Crippen LogP contribution is -2.61. The van der Waals surface area contributed by atoms with Gasteiger partial charge in [-0.05, 0) is 23.6 Å². The van der Waals surface area contributed by atoms with Crippen LogP contribution in [0.4, 0.5) is 0 Å². The molecule has 1 aromatic carbocycles. The number of ether oxygens (including phenoxy) is 11. The predicted molar refractivity (Wildman–Crippen MR) is 415 cm³/mol. The van der Waals surface area contributed by atoms with Gasteiger partial charge < -0.3 is 131 Å². The smallest absolute Gasteiger partial charge is 0.306 e. The number of rotatable bonds is 50. The lowest BCUT2D eigenvalue weighted by molar-refractivity contribution is -0.144. The maximum Gasteiger partial charge on any atom is 0.306 e. The number of carbonyl (C=O) groups is 11. The number of phenolic OH excluding ortho intramolecular Hbond substituents is 1. The van der Waals surface area contributed by atoms with Gasteiger partial charge in [0.1, 0.15) is 40.7 Å². The van der Waals surface area contributed by atoms with E-state index >= 15 is 4.21 Å². The van der Waals surface area contributed by atoms with Gasteiger partial charge in [-0.1, -0.05) is 34.1 Å². The average Bonchev–Trinajstić information content (AvgIpc) is 1.61. The Hall–Kier alpha value is -7.63. The van der Waals surface area contributed by atoms with Gasteiger partial charge in [0.25, 0.3) is 0 Å². The number of benzene rings is 1. The van der Waals surface area contributed by atoms with Crippen molar-refractivity contribution in [1.29, 1.82) is 0 Å². The summed E-state index contributed by atoms with van der Waals surface area (Å²) in [5.41, 5.74) is 12.8. The normalized spacial score (nSPS) is 22.0. The van der Waals surface area contributed by atoms with E-state index in [1.54, 1.807) is 25.1 Å². The number of carboxylic acid groups (broad SMARTS) is 1. The number of aromatic hydroxyl groups is 1. The summed E-state index contributed by atoms with van der Waals surface area (Å²) >= 11 is 1.35. The van der Waals surface area contributed by atoms with Crippen molar-refractivity contribution in [1.82, 2.24) is 57.8 Å². The molecule has 116 heavy (non-hydrogen) atoms. The van der Waals surface area contributed by atoms with Crippen LogP contribution in [0.2, 0.25) is 0 Å². The predicted octanol–water partition coefficient (Wildman–Crippen LogP) is -3.79. The Labute approximate surface area is 679 Å². The molecular formula is C74H118N12O28S2. The first-order valence-electron chi connectivity index (χ1n) is 39.0. The molecule has 4 aliphatic rings. The third-order valence-electron chi connectivity index (χ3n) is 19.3. The average molecular weight is 1690 g/mol. The number of hydrazine groups is 2. The van der Waals surface area contributed by atoms with Crippen LogP contribution < -0.4 is 48.6 Å². The van der Waals surface area contributed by atoms with Crippen molar-refractivity contribution >= 4 is 98.3 Å². The van der Waals surface area contributed by atoms with Crippen LogP contribution in [0.5, 0.6) is 5.75 Å². The SMILES string of the molecule is CC[C@H](C)[C@@H]1CC(=O)CCC(=O)[C@@H]2Cc3c([nH]c4c(CSCCOCCOCCOCCOCCOCCOCCOCCOCCOCCOCCOCCN5C=C(CNC(=O)CC(C)C(=O)O)NN5)c(O)ccc34)S(=O)C[C@@H](NC(=O)CNC1=O)C(=O)N[C@@H](CC(N)=O)C(=O)N1C[C@H](O)C[C@H]1C(=O)N[C@@H]([C@@H](C)[C@@H](O)CO)C(=O)N2. The second kappa shape index (κ2) is 53.7. The summed E-state index contributed by atoms with van der Waals surface area (Å²) in [5.74, 6) is -13.9. The number of primary amides is 1. The first-order chi connectivity index (χ1) is 55.8. The summed E-state index contributed by atoms with van der Waals surface area (Å²) < 4.78 is 76.8. The monoisotopic (exact) mass is 1690 g/mol. The third kappa shape index (κ3) is 34.4. The molecule has 0 aliphatic carbocycles. The number of phenols is 1. The van der Waals surface area contributed by atoms with Gasteiger partial charge in [0.15, 0.2) is 5.78 Å². The number of aliphatic hydroxyl groups excluding tert-OH is 3. The van der Waals surface area contributed by atoms with E-state index in [9.17, 15) is 73.2 Å². The largest absolute Gasteiger partial charge is 0.508 e. The first kappa shape index (κ1) is 97.2. The standard InChI is InChI=1S/C74H118N12O28S2/c1-5-46(2)53-35-50(88)6-8-61(91)56-37-54-52-7-9-60(90)55(67(52)82-72(54)116(103)45-58(78-65(95)40-77-68(53)96)69(97)80-57(38-63(75)93)73(100)86-42-51(89)36-59(86)70(98)81-66(71(99)79-56)48(4)62(92)43-87)44-115-33-32-114-31-30-113-29-28-112-27-26-111-25-24-110-23-22-109-21-20-108-19-18-107-17-16-106-15-14-105-13-12-104-11-10-85-41-49(83-84-85)39-76-64(94)34-47(3)74(101)102/h7,9,41,46-48,51,53,56-59,62,66,82-84,87,89-90,92H,5-6,8,10-40,42-45H2,1-4H3,(H2,75,93)(H,76,94)(H,77,96)(H,78,95)(H,79,99)(H,80,97)(H,81,98)(H,101,102)/t46-,47?,48-,51+,53-,56-,57-,58+,59-,62-,66-,116?/m0/s1. The fourth-order valence-electron chi connectivity index (χ4n) is 12.4. The molecule has 40 nitrogen and oxygen atoms in total. The highest BCUT2D eigenvalue weighted by atomic mass is 32.2. The minimum Gasteiger partial charge on any atom is -0.508 e. The lowest BCUT2D eigenvalue weighted by atomic mass is 9.85. The van der Waals surface area contributed by atoms with Crippen molar-refractivity contribution in [2.45, 2.75) is 132 Å². The summed E-state index contributed by atoms with van der Waals surface area (Å²) in [6, 6.07) is -5.93. The van der Waals surface area contributed by atoms with E-state index in [-0.39, 0.29) is 78.1 Å². The number of aromatic amines is 1. The van der Waals surface area contributed by atoms with Crippen molar-refractivity contribution in [3.8, 4) is 5.75 Å². The number of hydrogen-bond acceptors (Lipinski definition) is 31. The van der Waals surface area contributed by atoms with E-state index in [0.29, 0.717) is 150 Å². The zero-order valence-corrected chi connectivity index (χ0v) is 68.0. The molecular weight excluding hydrogens is 1570 g/mol. The number of aliphatic carboxylic acids is 1. The Morgan fingerprint density at radius 3 is 1.80 bits per heavy atom. The van der Waals surface area contributed by atoms with Gasteiger partial charge in [-0.2, -0.15) is 11.8 Å². The van der Waals surface area contributed by atoms with Crippen LogP contribution in [0, 0.1) is 23.7 Å². The Morgan fingerprint density at radius 1 is 0.698 bits per heavy atom. The molecule has 2 bridgehead atoms. The van der Waals surface area contributed by atoms with E-state index in [0.717, 1.165) is 10.6 Å². The fraction of sp³-hybridized carbons (Fsp3) is 0.716. The zero-order valence-electron chi connectivity index (χ0n) is 66.4. The highest BCUT2D eigenvalue weighted by Crippen LogP contribution is 2.36. The molecule has 12 atom stereocenters. The van der Waals surface area contributed by atoms with Crippen molar-refractivity contribution < 1.29 is 135 Å². The van der Waals surface area contributed by atoms with Gasteiger partial charge in [-0.15, -0.1) is 5.53 Å². The number of Topliss-reactive ketones (excluding diaryl/α,β-unsaturated/α-hetero) is 2. The van der Waals surface area contributed by atoms with Gasteiger partial charge in [0.05, 0.1) is 230 Å². The maximum atomic E-state index is 15.3. The number of amides is 8. The van der Waals surface area contributed by atoms with E-state index in [4.69, 9.17) is 62.9 Å². The topological polar surface area (TPSA) is 552 Å². The number of aliphatic hydroxyl groups is 3. The van der Waals surface area contributed by atoms with Gasteiger partial charge >= 0.3 is 5.97 Å². The second-order valence-corrected chi connectivity index (χ2v) is 30.6. The molecule has 654 valence electrons. The van der Waals surface area contributed by atoms with Crippen molar-refractivity contribution in [3.05, 3.63) is 35.2 Å². The van der Waals surface area contributed by atoms with E-state index < -0.39 is 193 Å². The Morgan fingerprint density at radius 2 is 1.26 bits per heavy atom. The molecule has 2 unspecified atom stereocenters. The first-order valence-corrected chi connectivity index (χ1v) is 41.5. The summed E-state index contributed by atoms with van der Waals surface area (Å²) in [7, 11) is -2.46. The van der Waals surface area contributed by atoms with Crippen LogP contribution in [0.25, 0.3) is 10.9 Å². The molecule has 4 aliphatic heterocycles. The van der Waals surface area contributed by atoms with E-state index in [1.165, 1.54) is 37.7 Å². The van der Waals surface area contributed by atoms with Crippen LogP contribution in [-0.2, 0) is 128 Å². The minimum atomic E-state index is -2.46. The van der Waals surface area contributed by atoms with Crippen LogP contribution in [0.1, 0.15) is 83.8 Å². The highest BCUT2D eigenvalue weighted by molar-refractivity contribution is 7.98. The molecule has 6 rings (SSSR count). The molecule has 8 amide bonds. The van der Waals surface area contributed by atoms with Gasteiger partial charge in [0.2, 0.25) is 47.3 Å². The molecule has 42 heteroatoms. The van der Waals surface area contributed by atoms with E-state index in [2.05, 4.69) is 47.8 Å². The fourth-order valence-corrected chi connectivity index (χ4v) is 14.7. The minimum absolute atomic E-state index is 0.0913. The summed E-state index contributed by atoms with van der Waals surface area (Å²) in [6.07, 6.45) is -4.05. The van der Waals surface area contributed by atoms with Crippen LogP contribution in [-0.4, -0.2) is 341 Å². The number of carboxylic acids is 1. The molecule has 0 spiro atoms. The Bertz CT molecular complexity index is 3530. The number of fused-ring (bicyclic) bond motifs is 5. The van der Waals surface area contributed by atoms with Gasteiger partial charge in [-0.3, -0.25) is 62.0 Å². The number of carbonyl (C=O) groups excluding carboxylic acids is 10. The maximum absolute atomic E-state index is 15.3. The zero-order chi connectivity index (χ0) is 84.3. The second-order valence-electron chi connectivity index (χ2n) is 28.1. The van der Waals surface area contributed by atoms with Crippen molar-refractivity contribution in [3.63, 3.8) is 0 Å². The Balaban J connectivity index is 0.893. The number of ketones is 2. The molecule has 1 fully saturated rings. The molecule has 0 saturated carbocycles. The molecule has 5 heterocycles. The number of nitrogens with one attached hydrogen (secondary N) is 9. The summed E-state index contributed by atoms with van der Waals surface area (Å²) in [6.45, 7) is 13.1. The number of H-pyrrole nitrogens is 1. The van der Waals surface area contributed by atoms with Crippen molar-refractivity contribution in [2.24, 2.45) is 29.4 Å². The molecule has 16 N–H and O–H groups in total. The molecule has 2 aromatic rings. The van der Waals surface area contributed by atoms with E-state index in [1.807, 2.05) is 0 Å². The molecule has 1 saturated heterocycles.